The summed E-state index contributed by atoms with van der Waals surface area (Å²) in [5, 5.41) is 0. The normalized spacial score (nSPS) is 22.3. The van der Waals surface area contributed by atoms with Gasteiger partial charge in [-0.2, -0.15) is 0 Å². The van der Waals surface area contributed by atoms with Crippen LogP contribution in [0.3, 0.4) is 0 Å². The molecule has 29 heavy (non-hydrogen) atoms. The first-order chi connectivity index (χ1) is 13.8. The van der Waals surface area contributed by atoms with Crippen molar-refractivity contribution in [3.05, 3.63) is 62.6 Å². The summed E-state index contributed by atoms with van der Waals surface area (Å²) in [6.07, 6.45) is 0.357. The van der Waals surface area contributed by atoms with Gasteiger partial charge in [0.05, 0.1) is 0 Å². The number of ether oxygens (including phenoxy) is 1. The summed E-state index contributed by atoms with van der Waals surface area (Å²) in [6.45, 7) is 7.15. The Balaban J connectivity index is 1.85. The topological polar surface area (TPSA) is 75.5 Å². The number of rotatable bonds is 4. The SMILES string of the molecule is C[C@H]1C[NH+](Cc2nc3c(c(=O)n(C)c(=O)n3C)n2Cc2ccccc2)C[C@H](C)O1. The molecule has 3 aromatic rings. The third kappa shape index (κ3) is 3.65. The van der Waals surface area contributed by atoms with E-state index in [9.17, 15) is 9.59 Å². The number of benzene rings is 1. The van der Waals surface area contributed by atoms with Gasteiger partial charge in [-0.25, -0.2) is 9.78 Å². The standard InChI is InChI=1S/C21H27N5O3/c1-14-10-25(11-15(2)29-14)13-17-22-19-18(20(27)24(4)21(28)23(19)3)26(17)12-16-8-6-5-7-9-16/h5-9,14-15H,10-13H2,1-4H3/p+1/t14-,15-/m0/s1. The Kier molecular flexibility index (Phi) is 5.14. The molecule has 3 heterocycles. The number of imidazole rings is 1. The molecule has 2 aromatic heterocycles. The quantitative estimate of drug-likeness (QED) is 0.653. The largest absolute Gasteiger partial charge is 0.364 e. The molecule has 1 saturated heterocycles. The number of hydrogen-bond acceptors (Lipinski definition) is 4. The van der Waals surface area contributed by atoms with E-state index in [1.807, 2.05) is 34.9 Å². The first-order valence-corrected chi connectivity index (χ1v) is 10.0. The smallest absolute Gasteiger partial charge is 0.332 e. The summed E-state index contributed by atoms with van der Waals surface area (Å²) in [7, 11) is 3.18. The van der Waals surface area contributed by atoms with Gasteiger partial charge in [-0.05, 0) is 19.4 Å². The highest BCUT2D eigenvalue weighted by molar-refractivity contribution is 5.71. The van der Waals surface area contributed by atoms with E-state index in [1.54, 1.807) is 7.05 Å². The summed E-state index contributed by atoms with van der Waals surface area (Å²) in [4.78, 5) is 31.5. The van der Waals surface area contributed by atoms with Crippen molar-refractivity contribution in [3.63, 3.8) is 0 Å². The average Bonchev–Trinajstić information content (AvgIpc) is 3.03. The summed E-state index contributed by atoms with van der Waals surface area (Å²) >= 11 is 0. The fraction of sp³-hybridized carbons (Fsp3) is 0.476. The molecular weight excluding hydrogens is 370 g/mol. The number of fused-ring (bicyclic) bond motifs is 1. The second kappa shape index (κ2) is 7.61. The third-order valence-corrected chi connectivity index (χ3v) is 5.64. The van der Waals surface area contributed by atoms with Crippen molar-refractivity contribution in [2.75, 3.05) is 13.1 Å². The molecule has 1 fully saturated rings. The van der Waals surface area contributed by atoms with Crippen LogP contribution in [-0.2, 0) is 31.9 Å². The predicted octanol–water partition coefficient (Wildman–Crippen LogP) is -0.326. The van der Waals surface area contributed by atoms with Crippen LogP contribution in [-0.4, -0.2) is 44.0 Å². The molecule has 8 heteroatoms. The number of nitrogens with one attached hydrogen (secondary N) is 1. The van der Waals surface area contributed by atoms with E-state index in [4.69, 9.17) is 9.72 Å². The van der Waals surface area contributed by atoms with Gasteiger partial charge < -0.3 is 14.2 Å². The maximum atomic E-state index is 13.0. The number of nitrogens with zero attached hydrogens (tertiary/aromatic N) is 4. The van der Waals surface area contributed by atoms with Gasteiger partial charge in [0.15, 0.2) is 17.0 Å². The highest BCUT2D eigenvalue weighted by Gasteiger charge is 2.28. The maximum Gasteiger partial charge on any atom is 0.332 e. The van der Waals surface area contributed by atoms with Crippen molar-refractivity contribution in [2.45, 2.75) is 39.1 Å². The number of aromatic nitrogens is 4. The summed E-state index contributed by atoms with van der Waals surface area (Å²) in [5.41, 5.74) is 1.33. The number of hydrogen-bond donors (Lipinski definition) is 1. The van der Waals surface area contributed by atoms with Crippen LogP contribution in [0.4, 0.5) is 0 Å². The molecule has 8 nitrogen and oxygen atoms in total. The Morgan fingerprint density at radius 1 is 1.07 bits per heavy atom. The fourth-order valence-corrected chi connectivity index (χ4v) is 4.32. The van der Waals surface area contributed by atoms with E-state index in [-0.39, 0.29) is 23.5 Å². The minimum absolute atomic E-state index is 0.179. The van der Waals surface area contributed by atoms with Gasteiger partial charge in [0.25, 0.3) is 5.56 Å². The molecule has 2 atom stereocenters. The molecule has 0 amide bonds. The molecule has 4 rings (SSSR count). The van der Waals surface area contributed by atoms with Crippen LogP contribution in [0.5, 0.6) is 0 Å². The van der Waals surface area contributed by atoms with Gasteiger partial charge in [-0.1, -0.05) is 30.3 Å². The van der Waals surface area contributed by atoms with Gasteiger partial charge in [0.1, 0.15) is 31.8 Å². The molecule has 0 saturated carbocycles. The molecule has 1 aromatic carbocycles. The van der Waals surface area contributed by atoms with Crippen molar-refractivity contribution in [3.8, 4) is 0 Å². The van der Waals surface area contributed by atoms with Crippen LogP contribution < -0.4 is 16.1 Å². The molecule has 1 N–H and O–H groups in total. The molecular formula is C21H28N5O3+. The van der Waals surface area contributed by atoms with E-state index in [0.29, 0.717) is 24.3 Å². The van der Waals surface area contributed by atoms with Gasteiger partial charge in [-0.15, -0.1) is 0 Å². The zero-order valence-electron chi connectivity index (χ0n) is 17.4. The number of aryl methyl sites for hydroxylation is 1. The van der Waals surface area contributed by atoms with Crippen LogP contribution >= 0.6 is 0 Å². The molecule has 0 radical (unpaired) electrons. The second-order valence-electron chi connectivity index (χ2n) is 8.07. The van der Waals surface area contributed by atoms with Crippen molar-refractivity contribution >= 4 is 11.2 Å². The molecule has 154 valence electrons. The van der Waals surface area contributed by atoms with E-state index in [0.717, 1.165) is 29.0 Å². The Morgan fingerprint density at radius 2 is 1.72 bits per heavy atom. The van der Waals surface area contributed by atoms with E-state index in [2.05, 4.69) is 13.8 Å². The molecule has 0 bridgehead atoms. The zero-order valence-corrected chi connectivity index (χ0v) is 17.4. The van der Waals surface area contributed by atoms with Crippen LogP contribution in [0.15, 0.2) is 39.9 Å². The maximum absolute atomic E-state index is 13.0. The first kappa shape index (κ1) is 19.6. The lowest BCUT2D eigenvalue weighted by Crippen LogP contribution is -3.14. The van der Waals surface area contributed by atoms with Crippen LogP contribution in [0.1, 0.15) is 25.2 Å². The number of quaternary nitrogens is 1. The Morgan fingerprint density at radius 3 is 2.38 bits per heavy atom. The van der Waals surface area contributed by atoms with Crippen molar-refractivity contribution < 1.29 is 9.64 Å². The van der Waals surface area contributed by atoms with E-state index in [1.165, 1.54) is 16.5 Å². The van der Waals surface area contributed by atoms with Crippen molar-refractivity contribution in [1.29, 1.82) is 0 Å². The summed E-state index contributed by atoms with van der Waals surface area (Å²) in [6, 6.07) is 10.0. The van der Waals surface area contributed by atoms with E-state index < -0.39 is 0 Å². The van der Waals surface area contributed by atoms with Gasteiger partial charge in [0, 0.05) is 20.6 Å². The Labute approximate surface area is 169 Å². The second-order valence-corrected chi connectivity index (χ2v) is 8.07. The predicted molar refractivity (Wildman–Crippen MR) is 110 cm³/mol. The third-order valence-electron chi connectivity index (χ3n) is 5.64. The summed E-state index contributed by atoms with van der Waals surface area (Å²) in [5.74, 6) is 0.818. The van der Waals surface area contributed by atoms with E-state index >= 15 is 0 Å². The highest BCUT2D eigenvalue weighted by Crippen LogP contribution is 2.14. The van der Waals surface area contributed by atoms with Gasteiger partial charge >= 0.3 is 5.69 Å². The molecule has 1 aliphatic heterocycles. The van der Waals surface area contributed by atoms with Gasteiger partial charge in [-0.3, -0.25) is 13.9 Å². The van der Waals surface area contributed by atoms with Crippen LogP contribution in [0.25, 0.3) is 11.2 Å². The van der Waals surface area contributed by atoms with Crippen LogP contribution in [0.2, 0.25) is 0 Å². The molecule has 1 aliphatic rings. The monoisotopic (exact) mass is 398 g/mol. The highest BCUT2D eigenvalue weighted by atomic mass is 16.5. The van der Waals surface area contributed by atoms with Gasteiger partial charge in [0.2, 0.25) is 0 Å². The van der Waals surface area contributed by atoms with Crippen molar-refractivity contribution in [2.24, 2.45) is 14.1 Å². The minimum atomic E-state index is -0.362. The van der Waals surface area contributed by atoms with Crippen molar-refractivity contribution in [1.82, 2.24) is 18.7 Å². The lowest BCUT2D eigenvalue weighted by molar-refractivity contribution is -0.929. The molecule has 0 spiro atoms. The Bertz CT molecular complexity index is 1140. The van der Waals surface area contributed by atoms with Crippen LogP contribution in [0, 0.1) is 0 Å². The zero-order chi connectivity index (χ0) is 20.7. The average molecular weight is 398 g/mol. The minimum Gasteiger partial charge on any atom is -0.364 e. The summed E-state index contributed by atoms with van der Waals surface area (Å²) < 4.78 is 10.5. The molecule has 0 unspecified atom stereocenters. The molecule has 0 aliphatic carbocycles. The fourth-order valence-electron chi connectivity index (χ4n) is 4.32. The number of morpholine rings is 1. The lowest BCUT2D eigenvalue weighted by Gasteiger charge is -2.32. The lowest BCUT2D eigenvalue weighted by atomic mass is 10.2. The Hall–Kier alpha value is -2.71. The first-order valence-electron chi connectivity index (χ1n) is 10.0.